The van der Waals surface area contributed by atoms with Gasteiger partial charge in [-0.2, -0.15) is 5.26 Å². The Morgan fingerprint density at radius 3 is 2.69 bits per heavy atom. The number of anilines is 1. The molecule has 1 spiro atoms. The summed E-state index contributed by atoms with van der Waals surface area (Å²) < 4.78 is 6.21. The Labute approximate surface area is 205 Å². The molecule has 2 N–H and O–H groups in total. The van der Waals surface area contributed by atoms with Crippen molar-refractivity contribution in [3.63, 3.8) is 0 Å². The standard InChI is InChI=1S/C27H31N5O3/c1-18-24(31-26(34)30-22-5-3-2-4-6-22)14-20(16-29-18)25(33)32-11-9-27(10-12-32)23-8-7-19(15-28)13-21(23)17-35-27/h7-8,13-14,16,22H,2-6,9-12,17H2,1H3,(H2,30,31,34). The van der Waals surface area contributed by atoms with Crippen LogP contribution in [0.5, 0.6) is 0 Å². The van der Waals surface area contributed by atoms with E-state index in [1.807, 2.05) is 30.0 Å². The molecule has 1 saturated carbocycles. The van der Waals surface area contributed by atoms with E-state index >= 15 is 0 Å². The number of aryl methyl sites for hydroxylation is 1. The lowest BCUT2D eigenvalue weighted by molar-refractivity contribution is -0.0741. The highest BCUT2D eigenvalue weighted by Crippen LogP contribution is 2.44. The zero-order valence-corrected chi connectivity index (χ0v) is 20.1. The molecule has 1 saturated heterocycles. The van der Waals surface area contributed by atoms with Gasteiger partial charge in [0.05, 0.1) is 40.8 Å². The number of fused-ring (bicyclic) bond motifs is 2. The second-order valence-electron chi connectivity index (χ2n) is 9.85. The molecule has 3 aliphatic rings. The summed E-state index contributed by atoms with van der Waals surface area (Å²) >= 11 is 0. The average Bonchev–Trinajstić information content (AvgIpc) is 3.23. The molecule has 2 aromatic rings. The van der Waals surface area contributed by atoms with E-state index in [1.165, 1.54) is 6.42 Å². The maximum atomic E-state index is 13.3. The maximum Gasteiger partial charge on any atom is 0.319 e. The third-order valence-electron chi connectivity index (χ3n) is 7.61. The first kappa shape index (κ1) is 23.3. The number of likely N-dealkylation sites (tertiary alicyclic amines) is 1. The number of nitriles is 1. The van der Waals surface area contributed by atoms with Gasteiger partial charge in [-0.25, -0.2) is 4.79 Å². The molecule has 182 valence electrons. The molecular formula is C27H31N5O3. The highest BCUT2D eigenvalue weighted by atomic mass is 16.5. The van der Waals surface area contributed by atoms with E-state index in [-0.39, 0.29) is 18.0 Å². The Morgan fingerprint density at radius 1 is 1.17 bits per heavy atom. The van der Waals surface area contributed by atoms with E-state index in [4.69, 9.17) is 10.00 Å². The summed E-state index contributed by atoms with van der Waals surface area (Å²) in [4.78, 5) is 32.0. The molecule has 2 fully saturated rings. The van der Waals surface area contributed by atoms with E-state index < -0.39 is 5.60 Å². The number of hydrogen-bond acceptors (Lipinski definition) is 5. The van der Waals surface area contributed by atoms with E-state index in [1.54, 1.807) is 12.3 Å². The van der Waals surface area contributed by atoms with Crippen molar-refractivity contribution >= 4 is 17.6 Å². The summed E-state index contributed by atoms with van der Waals surface area (Å²) in [5.74, 6) is -0.0962. The van der Waals surface area contributed by atoms with Crippen molar-refractivity contribution in [1.82, 2.24) is 15.2 Å². The van der Waals surface area contributed by atoms with Crippen molar-refractivity contribution in [2.75, 3.05) is 18.4 Å². The third kappa shape index (κ3) is 4.73. The second kappa shape index (κ2) is 9.67. The molecule has 0 unspecified atom stereocenters. The summed E-state index contributed by atoms with van der Waals surface area (Å²) in [7, 11) is 0. The van der Waals surface area contributed by atoms with Gasteiger partial charge in [0.15, 0.2) is 0 Å². The minimum Gasteiger partial charge on any atom is -0.365 e. The smallest absolute Gasteiger partial charge is 0.319 e. The average molecular weight is 474 g/mol. The van der Waals surface area contributed by atoms with Crippen LogP contribution in [0.4, 0.5) is 10.5 Å². The molecule has 2 aliphatic heterocycles. The number of piperidine rings is 1. The highest BCUT2D eigenvalue weighted by Gasteiger charge is 2.43. The molecule has 8 heteroatoms. The number of hydrogen-bond donors (Lipinski definition) is 2. The van der Waals surface area contributed by atoms with Crippen LogP contribution >= 0.6 is 0 Å². The Bertz CT molecular complexity index is 1170. The fraction of sp³-hybridized carbons (Fsp3) is 0.481. The van der Waals surface area contributed by atoms with Crippen molar-refractivity contribution in [3.8, 4) is 6.07 Å². The van der Waals surface area contributed by atoms with Crippen molar-refractivity contribution in [2.45, 2.75) is 70.1 Å². The fourth-order valence-electron chi connectivity index (χ4n) is 5.56. The third-order valence-corrected chi connectivity index (χ3v) is 7.61. The van der Waals surface area contributed by atoms with Gasteiger partial charge < -0.3 is 20.3 Å². The molecule has 0 radical (unpaired) electrons. The van der Waals surface area contributed by atoms with E-state index in [9.17, 15) is 9.59 Å². The number of nitrogens with one attached hydrogen (secondary N) is 2. The highest BCUT2D eigenvalue weighted by molar-refractivity contribution is 5.97. The number of nitrogens with zero attached hydrogens (tertiary/aromatic N) is 3. The van der Waals surface area contributed by atoms with Gasteiger partial charge >= 0.3 is 6.03 Å². The number of rotatable bonds is 3. The van der Waals surface area contributed by atoms with Crippen LogP contribution in [0.25, 0.3) is 0 Å². The molecule has 1 aromatic heterocycles. The summed E-state index contributed by atoms with van der Waals surface area (Å²) in [6.07, 6.45) is 8.51. The Kier molecular flexibility index (Phi) is 6.44. The minimum atomic E-state index is -0.393. The molecule has 1 aromatic carbocycles. The molecule has 1 aliphatic carbocycles. The molecule has 3 heterocycles. The van der Waals surface area contributed by atoms with Crippen LogP contribution in [0.2, 0.25) is 0 Å². The summed E-state index contributed by atoms with van der Waals surface area (Å²) in [6, 6.07) is 9.60. The predicted molar refractivity (Wildman–Crippen MR) is 131 cm³/mol. The molecule has 35 heavy (non-hydrogen) atoms. The van der Waals surface area contributed by atoms with Gasteiger partial charge in [0.1, 0.15) is 0 Å². The molecular weight excluding hydrogens is 442 g/mol. The number of amides is 3. The van der Waals surface area contributed by atoms with Gasteiger partial charge in [0, 0.05) is 25.3 Å². The van der Waals surface area contributed by atoms with Gasteiger partial charge in [-0.1, -0.05) is 25.3 Å². The first-order chi connectivity index (χ1) is 17.0. The predicted octanol–water partition coefficient (Wildman–Crippen LogP) is 4.38. The molecule has 0 bridgehead atoms. The number of carbonyl (C=O) groups excluding carboxylic acids is 2. The summed E-state index contributed by atoms with van der Waals surface area (Å²) in [5, 5.41) is 15.1. The Hall–Kier alpha value is -3.44. The number of aromatic nitrogens is 1. The number of carbonyl (C=O) groups is 2. The van der Waals surface area contributed by atoms with Crippen molar-refractivity contribution in [2.24, 2.45) is 0 Å². The van der Waals surface area contributed by atoms with Gasteiger partial charge in [-0.05, 0) is 61.9 Å². The Morgan fingerprint density at radius 2 is 1.94 bits per heavy atom. The lowest BCUT2D eigenvalue weighted by Gasteiger charge is -2.39. The lowest BCUT2D eigenvalue weighted by atomic mass is 9.83. The molecule has 5 rings (SSSR count). The van der Waals surface area contributed by atoms with Crippen LogP contribution in [-0.2, 0) is 16.9 Å². The summed E-state index contributed by atoms with van der Waals surface area (Å²) in [5.41, 5.74) is 4.14. The van der Waals surface area contributed by atoms with Crippen LogP contribution in [0, 0.1) is 18.3 Å². The fourth-order valence-corrected chi connectivity index (χ4v) is 5.56. The maximum absolute atomic E-state index is 13.3. The summed E-state index contributed by atoms with van der Waals surface area (Å²) in [6.45, 7) is 3.45. The quantitative estimate of drug-likeness (QED) is 0.688. The zero-order valence-electron chi connectivity index (χ0n) is 20.1. The topological polar surface area (TPSA) is 107 Å². The minimum absolute atomic E-state index is 0.0962. The SMILES string of the molecule is Cc1ncc(C(=O)N2CCC3(CC2)OCc2cc(C#N)ccc23)cc1NC(=O)NC1CCCCC1. The molecule has 3 amide bonds. The van der Waals surface area contributed by atoms with Crippen LogP contribution in [-0.4, -0.2) is 41.0 Å². The van der Waals surface area contributed by atoms with E-state index in [0.29, 0.717) is 55.0 Å². The first-order valence-electron chi connectivity index (χ1n) is 12.5. The van der Waals surface area contributed by atoms with Gasteiger partial charge in [0.25, 0.3) is 5.91 Å². The van der Waals surface area contributed by atoms with Crippen LogP contribution < -0.4 is 10.6 Å². The van der Waals surface area contributed by atoms with Gasteiger partial charge in [0.2, 0.25) is 0 Å². The molecule has 8 nitrogen and oxygen atoms in total. The largest absolute Gasteiger partial charge is 0.365 e. The van der Waals surface area contributed by atoms with Crippen LogP contribution in [0.1, 0.15) is 77.7 Å². The van der Waals surface area contributed by atoms with Crippen molar-refractivity contribution < 1.29 is 14.3 Å². The van der Waals surface area contributed by atoms with Crippen molar-refractivity contribution in [1.29, 1.82) is 5.26 Å². The van der Waals surface area contributed by atoms with Crippen LogP contribution in [0.3, 0.4) is 0 Å². The zero-order chi connectivity index (χ0) is 24.4. The monoisotopic (exact) mass is 473 g/mol. The molecule has 0 atom stereocenters. The first-order valence-corrected chi connectivity index (χ1v) is 12.5. The number of pyridine rings is 1. The lowest BCUT2D eigenvalue weighted by Crippen LogP contribution is -2.45. The normalized spacial score (nSPS) is 19.1. The number of ether oxygens (including phenoxy) is 1. The van der Waals surface area contributed by atoms with Crippen molar-refractivity contribution in [3.05, 3.63) is 58.4 Å². The van der Waals surface area contributed by atoms with E-state index in [2.05, 4.69) is 21.7 Å². The number of benzene rings is 1. The van der Waals surface area contributed by atoms with Gasteiger partial charge in [-0.3, -0.25) is 9.78 Å². The van der Waals surface area contributed by atoms with Crippen LogP contribution in [0.15, 0.2) is 30.5 Å². The second-order valence-corrected chi connectivity index (χ2v) is 9.85. The van der Waals surface area contributed by atoms with E-state index in [0.717, 1.165) is 36.8 Å². The Balaban J connectivity index is 1.23. The number of urea groups is 1. The van der Waals surface area contributed by atoms with Gasteiger partial charge in [-0.15, -0.1) is 0 Å².